The number of amides is 1. The number of carboxylic acid groups (broad SMARTS) is 1. The van der Waals surface area contributed by atoms with Crippen molar-refractivity contribution in [3.63, 3.8) is 0 Å². The average Bonchev–Trinajstić information content (AvgIpc) is 2.62. The molecule has 1 heterocycles. The zero-order chi connectivity index (χ0) is 13.2. The van der Waals surface area contributed by atoms with Gasteiger partial charge in [0.25, 0.3) is 5.91 Å². The summed E-state index contributed by atoms with van der Waals surface area (Å²) in [4.78, 5) is 24.4. The third kappa shape index (κ3) is 3.83. The van der Waals surface area contributed by atoms with Crippen molar-refractivity contribution >= 4 is 23.2 Å². The Balaban J connectivity index is 2.78. The largest absolute Gasteiger partial charge is 0.477 e. The van der Waals surface area contributed by atoms with Crippen LogP contribution >= 0.6 is 11.3 Å². The van der Waals surface area contributed by atoms with E-state index in [-0.39, 0.29) is 17.3 Å². The van der Waals surface area contributed by atoms with Gasteiger partial charge in [0.1, 0.15) is 4.88 Å². The summed E-state index contributed by atoms with van der Waals surface area (Å²) in [5, 5.41) is 18.3. The molecular weight excluding hydrogens is 242 g/mol. The van der Waals surface area contributed by atoms with Crippen molar-refractivity contribution in [2.45, 2.75) is 19.4 Å². The van der Waals surface area contributed by atoms with Gasteiger partial charge in [0.15, 0.2) is 0 Å². The number of rotatable bonds is 4. The lowest BCUT2D eigenvalue weighted by Crippen LogP contribution is -2.39. The second kappa shape index (κ2) is 4.85. The number of hydrogen-bond donors (Lipinski definition) is 2. The lowest BCUT2D eigenvalue weighted by atomic mass is 10.1. The SMILES string of the molecule is CN(CC(C)(C)O)C(=O)c1ccc(C(=O)O)s1. The van der Waals surface area contributed by atoms with E-state index in [1.165, 1.54) is 17.0 Å². The number of aliphatic hydroxyl groups is 1. The van der Waals surface area contributed by atoms with Crippen LogP contribution in [0, 0.1) is 0 Å². The van der Waals surface area contributed by atoms with E-state index >= 15 is 0 Å². The predicted octanol–water partition coefficient (Wildman–Crippen LogP) is 1.29. The van der Waals surface area contributed by atoms with Gasteiger partial charge >= 0.3 is 5.97 Å². The highest BCUT2D eigenvalue weighted by atomic mass is 32.1. The number of thiophene rings is 1. The minimum Gasteiger partial charge on any atom is -0.477 e. The Morgan fingerprint density at radius 1 is 1.35 bits per heavy atom. The molecule has 5 nitrogen and oxygen atoms in total. The quantitative estimate of drug-likeness (QED) is 0.852. The van der Waals surface area contributed by atoms with Gasteiger partial charge in [-0.2, -0.15) is 0 Å². The number of carbonyl (C=O) groups excluding carboxylic acids is 1. The van der Waals surface area contributed by atoms with E-state index in [9.17, 15) is 14.7 Å². The fourth-order valence-corrected chi connectivity index (χ4v) is 2.25. The zero-order valence-corrected chi connectivity index (χ0v) is 10.7. The first-order chi connectivity index (χ1) is 7.70. The summed E-state index contributed by atoms with van der Waals surface area (Å²) >= 11 is 0.931. The van der Waals surface area contributed by atoms with Gasteiger partial charge in [-0.3, -0.25) is 4.79 Å². The van der Waals surface area contributed by atoms with E-state index in [0.29, 0.717) is 4.88 Å². The van der Waals surface area contributed by atoms with Gasteiger partial charge in [-0.1, -0.05) is 0 Å². The summed E-state index contributed by atoms with van der Waals surface area (Å²) in [7, 11) is 1.57. The fraction of sp³-hybridized carbons (Fsp3) is 0.455. The molecule has 1 amide bonds. The van der Waals surface area contributed by atoms with Crippen molar-refractivity contribution < 1.29 is 19.8 Å². The van der Waals surface area contributed by atoms with Crippen LogP contribution in [0.2, 0.25) is 0 Å². The number of likely N-dealkylation sites (N-methyl/N-ethyl adjacent to an activating group) is 1. The Hall–Kier alpha value is -1.40. The molecule has 6 heteroatoms. The van der Waals surface area contributed by atoms with Gasteiger partial charge in [0.05, 0.1) is 10.5 Å². The first-order valence-corrected chi connectivity index (χ1v) is 5.83. The first-order valence-electron chi connectivity index (χ1n) is 5.01. The Bertz CT molecular complexity index is 433. The Morgan fingerprint density at radius 3 is 2.29 bits per heavy atom. The van der Waals surface area contributed by atoms with Crippen LogP contribution in [0.25, 0.3) is 0 Å². The van der Waals surface area contributed by atoms with Crippen molar-refractivity contribution in [1.82, 2.24) is 4.90 Å². The van der Waals surface area contributed by atoms with Gasteiger partial charge in [-0.05, 0) is 26.0 Å². The highest BCUT2D eigenvalue weighted by Gasteiger charge is 2.22. The van der Waals surface area contributed by atoms with E-state index in [2.05, 4.69) is 0 Å². The van der Waals surface area contributed by atoms with Crippen LogP contribution < -0.4 is 0 Å². The predicted molar refractivity (Wildman–Crippen MR) is 64.5 cm³/mol. The van der Waals surface area contributed by atoms with Crippen molar-refractivity contribution in [2.24, 2.45) is 0 Å². The molecule has 0 aromatic carbocycles. The van der Waals surface area contributed by atoms with Crippen LogP contribution in [-0.2, 0) is 0 Å². The highest BCUT2D eigenvalue weighted by molar-refractivity contribution is 7.15. The molecule has 0 saturated heterocycles. The molecule has 0 radical (unpaired) electrons. The summed E-state index contributed by atoms with van der Waals surface area (Å²) in [6, 6.07) is 2.88. The molecule has 1 aromatic rings. The van der Waals surface area contributed by atoms with E-state index in [1.54, 1.807) is 20.9 Å². The molecule has 0 bridgehead atoms. The van der Waals surface area contributed by atoms with Crippen LogP contribution in [0.5, 0.6) is 0 Å². The molecule has 94 valence electrons. The minimum atomic E-state index is -1.04. The fourth-order valence-electron chi connectivity index (χ4n) is 1.41. The molecule has 0 aliphatic carbocycles. The third-order valence-corrected chi connectivity index (χ3v) is 3.06. The van der Waals surface area contributed by atoms with Crippen LogP contribution in [0.15, 0.2) is 12.1 Å². The molecule has 0 saturated carbocycles. The molecule has 0 spiro atoms. The van der Waals surface area contributed by atoms with E-state index in [4.69, 9.17) is 5.11 Å². The van der Waals surface area contributed by atoms with Crippen molar-refractivity contribution in [3.8, 4) is 0 Å². The van der Waals surface area contributed by atoms with Crippen LogP contribution in [0.4, 0.5) is 0 Å². The summed E-state index contributed by atoms with van der Waals surface area (Å²) in [5.41, 5.74) is -0.975. The van der Waals surface area contributed by atoms with Gasteiger partial charge in [-0.15, -0.1) is 11.3 Å². The van der Waals surface area contributed by atoms with E-state index in [0.717, 1.165) is 11.3 Å². The lowest BCUT2D eigenvalue weighted by Gasteiger charge is -2.25. The van der Waals surface area contributed by atoms with E-state index in [1.807, 2.05) is 0 Å². The zero-order valence-electron chi connectivity index (χ0n) is 9.93. The molecule has 2 N–H and O–H groups in total. The molecule has 1 aromatic heterocycles. The number of carboxylic acids is 1. The summed E-state index contributed by atoms with van der Waals surface area (Å²) in [5.74, 6) is -1.33. The van der Waals surface area contributed by atoms with Crippen molar-refractivity contribution in [3.05, 3.63) is 21.9 Å². The summed E-state index contributed by atoms with van der Waals surface area (Å²) in [6.45, 7) is 3.40. The van der Waals surface area contributed by atoms with Gasteiger partial charge in [0.2, 0.25) is 0 Å². The molecule has 0 unspecified atom stereocenters. The maximum absolute atomic E-state index is 11.9. The lowest BCUT2D eigenvalue weighted by molar-refractivity contribution is 0.0370. The van der Waals surface area contributed by atoms with Crippen LogP contribution in [0.3, 0.4) is 0 Å². The Labute approximate surface area is 103 Å². The standard InChI is InChI=1S/C11H15NO4S/c1-11(2,16)6-12(3)9(13)7-4-5-8(17-7)10(14)15/h4-5,16H,6H2,1-3H3,(H,14,15). The Kier molecular flexibility index (Phi) is 3.90. The van der Waals surface area contributed by atoms with E-state index < -0.39 is 11.6 Å². The molecular formula is C11H15NO4S. The topological polar surface area (TPSA) is 77.8 Å². The number of hydrogen-bond acceptors (Lipinski definition) is 4. The van der Waals surface area contributed by atoms with Crippen LogP contribution in [-0.4, -0.2) is 46.2 Å². The molecule has 0 fully saturated rings. The monoisotopic (exact) mass is 257 g/mol. The second-order valence-electron chi connectivity index (χ2n) is 4.44. The third-order valence-electron chi connectivity index (χ3n) is 2.00. The number of nitrogens with zero attached hydrogens (tertiary/aromatic N) is 1. The normalized spacial score (nSPS) is 11.3. The van der Waals surface area contributed by atoms with Crippen molar-refractivity contribution in [1.29, 1.82) is 0 Å². The maximum Gasteiger partial charge on any atom is 0.345 e. The van der Waals surface area contributed by atoms with Gasteiger partial charge in [0, 0.05) is 13.6 Å². The Morgan fingerprint density at radius 2 is 1.88 bits per heavy atom. The highest BCUT2D eigenvalue weighted by Crippen LogP contribution is 2.18. The molecule has 0 atom stereocenters. The second-order valence-corrected chi connectivity index (χ2v) is 5.53. The summed E-state index contributed by atoms with van der Waals surface area (Å²) < 4.78 is 0. The molecule has 0 aliphatic rings. The van der Waals surface area contributed by atoms with Gasteiger partial charge in [-0.25, -0.2) is 4.79 Å². The van der Waals surface area contributed by atoms with Crippen molar-refractivity contribution in [2.75, 3.05) is 13.6 Å². The van der Waals surface area contributed by atoms with Crippen LogP contribution in [0.1, 0.15) is 33.2 Å². The van der Waals surface area contributed by atoms with Gasteiger partial charge < -0.3 is 15.1 Å². The average molecular weight is 257 g/mol. The molecule has 17 heavy (non-hydrogen) atoms. The summed E-state index contributed by atoms with van der Waals surface area (Å²) in [6.07, 6.45) is 0. The molecule has 0 aliphatic heterocycles. The smallest absolute Gasteiger partial charge is 0.345 e. The molecule has 1 rings (SSSR count). The first kappa shape index (κ1) is 13.7. The number of carbonyl (C=O) groups is 2. The number of aromatic carboxylic acids is 1. The minimum absolute atomic E-state index is 0.130. The maximum atomic E-state index is 11.9.